The molecule has 0 bridgehead atoms. The molecule has 6 nitrogen and oxygen atoms in total. The lowest BCUT2D eigenvalue weighted by atomic mass is 10.0. The fourth-order valence-corrected chi connectivity index (χ4v) is 1.98. The van der Waals surface area contributed by atoms with E-state index < -0.39 is 12.1 Å². The van der Waals surface area contributed by atoms with Gasteiger partial charge < -0.3 is 19.8 Å². The minimum atomic E-state index is -0.693. The Labute approximate surface area is 134 Å². The maximum Gasteiger partial charge on any atom is 0.413 e. The average Bonchev–Trinajstić information content (AvgIpc) is 3.04. The first-order valence-corrected chi connectivity index (χ1v) is 7.39. The molecule has 1 aromatic heterocycles. The van der Waals surface area contributed by atoms with Gasteiger partial charge in [0.1, 0.15) is 17.6 Å². The van der Waals surface area contributed by atoms with Gasteiger partial charge in [0.25, 0.3) is 0 Å². The summed E-state index contributed by atoms with van der Waals surface area (Å²) in [6.07, 6.45) is 0.875. The first kappa shape index (κ1) is 16.6. The molecule has 1 aromatic carbocycles. The lowest BCUT2D eigenvalue weighted by Crippen LogP contribution is -2.50. The highest BCUT2D eigenvalue weighted by Gasteiger charge is 2.25. The largest absolute Gasteiger partial charge is 0.467 e. The monoisotopic (exact) mass is 316 g/mol. The maximum absolute atomic E-state index is 12.2. The summed E-state index contributed by atoms with van der Waals surface area (Å²) in [4.78, 5) is 24.2. The van der Waals surface area contributed by atoms with Gasteiger partial charge in [-0.05, 0) is 30.2 Å². The molecular formula is C17H20N2O4. The number of hydrogen-bond donors (Lipinski definition) is 2. The van der Waals surface area contributed by atoms with Crippen LogP contribution in [0.4, 0.5) is 4.79 Å². The van der Waals surface area contributed by atoms with Crippen LogP contribution < -0.4 is 15.4 Å². The molecule has 1 heterocycles. The molecule has 23 heavy (non-hydrogen) atoms. The van der Waals surface area contributed by atoms with Crippen LogP contribution in [0.3, 0.4) is 0 Å². The number of hydrogen-bond acceptors (Lipinski definition) is 4. The molecule has 0 saturated carbocycles. The lowest BCUT2D eigenvalue weighted by Gasteiger charge is -2.21. The SMILES string of the molecule is CC(C)[C@H](NC(=O)Oc1ccccc1)C(=O)NCc1ccco1. The molecule has 0 radical (unpaired) electrons. The van der Waals surface area contributed by atoms with Crippen molar-refractivity contribution in [2.75, 3.05) is 0 Å². The first-order chi connectivity index (χ1) is 11.1. The summed E-state index contributed by atoms with van der Waals surface area (Å²) in [6, 6.07) is 11.5. The van der Waals surface area contributed by atoms with Crippen molar-refractivity contribution in [3.63, 3.8) is 0 Å². The molecule has 2 rings (SSSR count). The van der Waals surface area contributed by atoms with E-state index in [1.807, 2.05) is 19.9 Å². The zero-order chi connectivity index (χ0) is 16.7. The number of furan rings is 1. The van der Waals surface area contributed by atoms with E-state index >= 15 is 0 Å². The van der Waals surface area contributed by atoms with Crippen molar-refractivity contribution in [3.05, 3.63) is 54.5 Å². The van der Waals surface area contributed by atoms with E-state index in [9.17, 15) is 9.59 Å². The van der Waals surface area contributed by atoms with E-state index in [-0.39, 0.29) is 18.4 Å². The zero-order valence-electron chi connectivity index (χ0n) is 13.1. The van der Waals surface area contributed by atoms with Gasteiger partial charge in [0, 0.05) is 0 Å². The number of rotatable bonds is 6. The molecule has 0 aliphatic heterocycles. The predicted octanol–water partition coefficient (Wildman–Crippen LogP) is 2.71. The second kappa shape index (κ2) is 8.03. The highest BCUT2D eigenvalue weighted by molar-refractivity contribution is 5.86. The zero-order valence-corrected chi connectivity index (χ0v) is 13.1. The maximum atomic E-state index is 12.2. The van der Waals surface area contributed by atoms with Crippen molar-refractivity contribution in [1.29, 1.82) is 0 Å². The van der Waals surface area contributed by atoms with E-state index in [4.69, 9.17) is 9.15 Å². The second-order valence-corrected chi connectivity index (χ2v) is 5.37. The topological polar surface area (TPSA) is 80.6 Å². The molecule has 0 aliphatic rings. The number of nitrogens with one attached hydrogen (secondary N) is 2. The number of para-hydroxylation sites is 1. The van der Waals surface area contributed by atoms with Crippen LogP contribution in [0.5, 0.6) is 5.75 Å². The van der Waals surface area contributed by atoms with Crippen LogP contribution in [0, 0.1) is 5.92 Å². The van der Waals surface area contributed by atoms with Crippen LogP contribution in [-0.4, -0.2) is 18.0 Å². The minimum absolute atomic E-state index is 0.0880. The smallest absolute Gasteiger partial charge is 0.413 e. The summed E-state index contributed by atoms with van der Waals surface area (Å²) in [5.41, 5.74) is 0. The summed E-state index contributed by atoms with van der Waals surface area (Å²) in [5.74, 6) is 0.688. The van der Waals surface area contributed by atoms with Crippen LogP contribution in [0.25, 0.3) is 0 Å². The summed E-state index contributed by atoms with van der Waals surface area (Å²) >= 11 is 0. The molecule has 122 valence electrons. The number of ether oxygens (including phenoxy) is 1. The number of carbonyl (C=O) groups excluding carboxylic acids is 2. The summed E-state index contributed by atoms with van der Waals surface area (Å²) in [6.45, 7) is 3.96. The Morgan fingerprint density at radius 1 is 1.13 bits per heavy atom. The van der Waals surface area contributed by atoms with Gasteiger partial charge in [-0.3, -0.25) is 4.79 Å². The highest BCUT2D eigenvalue weighted by atomic mass is 16.6. The third-order valence-electron chi connectivity index (χ3n) is 3.19. The number of carbonyl (C=O) groups is 2. The molecule has 0 fully saturated rings. The first-order valence-electron chi connectivity index (χ1n) is 7.39. The molecule has 0 aliphatic carbocycles. The van der Waals surface area contributed by atoms with Gasteiger partial charge in [0.05, 0.1) is 12.8 Å². The Kier molecular flexibility index (Phi) is 5.80. The molecule has 2 amide bonds. The van der Waals surface area contributed by atoms with Gasteiger partial charge in [-0.15, -0.1) is 0 Å². The molecule has 0 unspecified atom stereocenters. The molecule has 2 N–H and O–H groups in total. The second-order valence-electron chi connectivity index (χ2n) is 5.37. The van der Waals surface area contributed by atoms with Gasteiger partial charge in [-0.1, -0.05) is 32.0 Å². The van der Waals surface area contributed by atoms with Crippen molar-refractivity contribution in [3.8, 4) is 5.75 Å². The van der Waals surface area contributed by atoms with Crippen molar-refractivity contribution in [2.24, 2.45) is 5.92 Å². The van der Waals surface area contributed by atoms with Gasteiger partial charge in [0.2, 0.25) is 5.91 Å². The van der Waals surface area contributed by atoms with Crippen LogP contribution in [0.15, 0.2) is 53.1 Å². The van der Waals surface area contributed by atoms with Crippen molar-refractivity contribution in [1.82, 2.24) is 10.6 Å². The quantitative estimate of drug-likeness (QED) is 0.858. The molecular weight excluding hydrogens is 296 g/mol. The highest BCUT2D eigenvalue weighted by Crippen LogP contribution is 2.09. The van der Waals surface area contributed by atoms with Crippen molar-refractivity contribution in [2.45, 2.75) is 26.4 Å². The van der Waals surface area contributed by atoms with E-state index in [2.05, 4.69) is 10.6 Å². The van der Waals surface area contributed by atoms with Crippen LogP contribution in [0.2, 0.25) is 0 Å². The Hall–Kier alpha value is -2.76. The van der Waals surface area contributed by atoms with Crippen LogP contribution in [-0.2, 0) is 11.3 Å². The summed E-state index contributed by atoms with van der Waals surface area (Å²) in [7, 11) is 0. The van der Waals surface area contributed by atoms with Gasteiger partial charge in [-0.25, -0.2) is 4.79 Å². The summed E-state index contributed by atoms with van der Waals surface area (Å²) < 4.78 is 10.3. The third kappa shape index (κ3) is 5.18. The van der Waals surface area contributed by atoms with Crippen LogP contribution >= 0.6 is 0 Å². The minimum Gasteiger partial charge on any atom is -0.467 e. The van der Waals surface area contributed by atoms with Crippen LogP contribution in [0.1, 0.15) is 19.6 Å². The standard InChI is InChI=1S/C17H20N2O4/c1-12(2)15(16(20)18-11-14-9-6-10-22-14)19-17(21)23-13-7-4-3-5-8-13/h3-10,12,15H,11H2,1-2H3,(H,18,20)(H,19,21)/t15-/m0/s1. The Balaban J connectivity index is 1.89. The Morgan fingerprint density at radius 2 is 1.87 bits per heavy atom. The average molecular weight is 316 g/mol. The van der Waals surface area contributed by atoms with Crippen molar-refractivity contribution < 1.29 is 18.7 Å². The molecule has 0 spiro atoms. The Morgan fingerprint density at radius 3 is 2.48 bits per heavy atom. The fraction of sp³-hybridized carbons (Fsp3) is 0.294. The molecule has 6 heteroatoms. The van der Waals surface area contributed by atoms with Crippen molar-refractivity contribution >= 4 is 12.0 Å². The van der Waals surface area contributed by atoms with Gasteiger partial charge in [-0.2, -0.15) is 0 Å². The molecule has 1 atom stereocenters. The van der Waals surface area contributed by atoms with Gasteiger partial charge >= 0.3 is 6.09 Å². The van der Waals surface area contributed by atoms with E-state index in [0.717, 1.165) is 0 Å². The van der Waals surface area contributed by atoms with E-state index in [0.29, 0.717) is 11.5 Å². The fourth-order valence-electron chi connectivity index (χ4n) is 1.98. The third-order valence-corrected chi connectivity index (χ3v) is 3.19. The summed E-state index contributed by atoms with van der Waals surface area (Å²) in [5, 5.41) is 5.32. The Bertz CT molecular complexity index is 623. The molecule has 2 aromatic rings. The predicted molar refractivity (Wildman–Crippen MR) is 84.8 cm³/mol. The van der Waals surface area contributed by atoms with Gasteiger partial charge in [0.15, 0.2) is 0 Å². The van der Waals surface area contributed by atoms with E-state index in [1.54, 1.807) is 36.4 Å². The number of amides is 2. The lowest BCUT2D eigenvalue weighted by molar-refractivity contribution is -0.124. The number of benzene rings is 1. The van der Waals surface area contributed by atoms with E-state index in [1.165, 1.54) is 6.26 Å². The molecule has 0 saturated heterocycles. The normalized spacial score (nSPS) is 11.8.